The number of rotatable bonds is 7. The zero-order valence-corrected chi connectivity index (χ0v) is 17.8. The molecule has 0 aliphatic carbocycles. The van der Waals surface area contributed by atoms with Gasteiger partial charge in [-0.3, -0.25) is 9.36 Å². The van der Waals surface area contributed by atoms with Gasteiger partial charge in [0, 0.05) is 16.8 Å². The van der Waals surface area contributed by atoms with E-state index in [4.69, 9.17) is 0 Å². The number of carbonyl (C=O) groups excluding carboxylic acids is 1. The fourth-order valence-corrected chi connectivity index (χ4v) is 4.23. The molecule has 4 rings (SSSR count). The highest BCUT2D eigenvalue weighted by atomic mass is 32.2. The van der Waals surface area contributed by atoms with Crippen molar-refractivity contribution in [3.05, 3.63) is 96.1 Å². The zero-order chi connectivity index (χ0) is 20.9. The molecule has 1 heterocycles. The normalized spacial score (nSPS) is 11.9. The molecule has 150 valence electrons. The maximum absolute atomic E-state index is 13.0. The molecule has 3 aromatic carbocycles. The third-order valence-electron chi connectivity index (χ3n) is 4.98. The summed E-state index contributed by atoms with van der Waals surface area (Å²) in [6.45, 7) is 4.03. The van der Waals surface area contributed by atoms with Crippen molar-refractivity contribution in [2.75, 3.05) is 0 Å². The van der Waals surface area contributed by atoms with Crippen LogP contribution in [0.25, 0.3) is 17.1 Å². The minimum Gasteiger partial charge on any atom is -0.293 e. The first-order chi connectivity index (χ1) is 14.7. The Morgan fingerprint density at radius 2 is 1.53 bits per heavy atom. The van der Waals surface area contributed by atoms with Crippen molar-refractivity contribution in [1.29, 1.82) is 0 Å². The first-order valence-electron chi connectivity index (χ1n) is 10.0. The summed E-state index contributed by atoms with van der Waals surface area (Å²) in [5.41, 5.74) is 3.90. The van der Waals surface area contributed by atoms with Gasteiger partial charge >= 0.3 is 0 Å². The van der Waals surface area contributed by atoms with Crippen LogP contribution in [0.15, 0.2) is 90.1 Å². The lowest BCUT2D eigenvalue weighted by Crippen LogP contribution is -2.14. The highest BCUT2D eigenvalue weighted by Gasteiger charge is 2.22. The molecule has 4 aromatic rings. The number of Topliss-reactive ketones (excluding diaryl/α,β-unsaturated/α-hetero) is 1. The van der Waals surface area contributed by atoms with Crippen molar-refractivity contribution in [2.24, 2.45) is 0 Å². The van der Waals surface area contributed by atoms with Gasteiger partial charge in [0.15, 0.2) is 16.8 Å². The molecule has 4 nitrogen and oxygen atoms in total. The topological polar surface area (TPSA) is 47.8 Å². The van der Waals surface area contributed by atoms with Gasteiger partial charge in [-0.1, -0.05) is 91.5 Å². The van der Waals surface area contributed by atoms with E-state index >= 15 is 0 Å². The van der Waals surface area contributed by atoms with Crippen LogP contribution < -0.4 is 0 Å². The SMILES string of the molecule is CCc1ccc(C(=O)[C@H](C)Sc2nnc(-c3ccccc3)n2-c2ccccc2)cc1. The standard InChI is InChI=1S/C25H23N3OS/c1-3-19-14-16-20(17-15-19)23(29)18(2)30-25-27-26-24(21-10-6-4-7-11-21)28(25)22-12-8-5-9-13-22/h4-18H,3H2,1-2H3/t18-/m0/s1. The summed E-state index contributed by atoms with van der Waals surface area (Å²) in [7, 11) is 0. The molecular weight excluding hydrogens is 390 g/mol. The Morgan fingerprint density at radius 1 is 0.900 bits per heavy atom. The molecule has 1 atom stereocenters. The van der Waals surface area contributed by atoms with Gasteiger partial charge in [-0.15, -0.1) is 10.2 Å². The van der Waals surface area contributed by atoms with E-state index in [9.17, 15) is 4.79 Å². The third kappa shape index (κ3) is 4.21. The highest BCUT2D eigenvalue weighted by Crippen LogP contribution is 2.31. The van der Waals surface area contributed by atoms with Crippen molar-refractivity contribution >= 4 is 17.5 Å². The lowest BCUT2D eigenvalue weighted by Gasteiger charge is -2.13. The molecule has 0 fully saturated rings. The molecular formula is C25H23N3OS. The van der Waals surface area contributed by atoms with Gasteiger partial charge in [0.25, 0.3) is 0 Å². The molecule has 0 radical (unpaired) electrons. The van der Waals surface area contributed by atoms with Crippen LogP contribution in [0.2, 0.25) is 0 Å². The Balaban J connectivity index is 1.67. The second kappa shape index (κ2) is 9.09. The van der Waals surface area contributed by atoms with Crippen LogP contribution in [0.3, 0.4) is 0 Å². The summed E-state index contributed by atoms with van der Waals surface area (Å²) in [4.78, 5) is 13.0. The molecule has 0 saturated heterocycles. The minimum atomic E-state index is -0.284. The van der Waals surface area contributed by atoms with Crippen LogP contribution in [-0.4, -0.2) is 25.8 Å². The van der Waals surface area contributed by atoms with Crippen molar-refractivity contribution in [2.45, 2.75) is 30.7 Å². The first kappa shape index (κ1) is 20.1. The maximum Gasteiger partial charge on any atom is 0.196 e. The molecule has 0 saturated carbocycles. The Hall–Kier alpha value is -3.18. The van der Waals surface area contributed by atoms with Crippen molar-refractivity contribution in [3.63, 3.8) is 0 Å². The average molecular weight is 414 g/mol. The fraction of sp³-hybridized carbons (Fsp3) is 0.160. The van der Waals surface area contributed by atoms with Crippen LogP contribution >= 0.6 is 11.8 Å². The highest BCUT2D eigenvalue weighted by molar-refractivity contribution is 8.00. The van der Waals surface area contributed by atoms with Crippen molar-refractivity contribution in [3.8, 4) is 17.1 Å². The summed E-state index contributed by atoms with van der Waals surface area (Å²) >= 11 is 1.43. The number of ketones is 1. The van der Waals surface area contributed by atoms with Gasteiger partial charge in [-0.05, 0) is 31.0 Å². The largest absolute Gasteiger partial charge is 0.293 e. The lowest BCUT2D eigenvalue weighted by atomic mass is 10.1. The average Bonchev–Trinajstić information content (AvgIpc) is 3.23. The Bertz CT molecular complexity index is 1120. The van der Waals surface area contributed by atoms with Gasteiger partial charge in [-0.2, -0.15) is 0 Å². The van der Waals surface area contributed by atoms with Gasteiger partial charge < -0.3 is 0 Å². The summed E-state index contributed by atoms with van der Waals surface area (Å²) < 4.78 is 2.02. The molecule has 0 bridgehead atoms. The number of para-hydroxylation sites is 1. The quantitative estimate of drug-likeness (QED) is 0.281. The zero-order valence-electron chi connectivity index (χ0n) is 17.0. The number of nitrogens with zero attached hydrogens (tertiary/aromatic N) is 3. The van der Waals surface area contributed by atoms with E-state index in [2.05, 4.69) is 17.1 Å². The van der Waals surface area contributed by atoms with Crippen LogP contribution in [0.5, 0.6) is 0 Å². The van der Waals surface area contributed by atoms with E-state index in [1.54, 1.807) is 0 Å². The summed E-state index contributed by atoms with van der Waals surface area (Å²) in [6.07, 6.45) is 0.960. The van der Waals surface area contributed by atoms with Gasteiger partial charge in [0.1, 0.15) is 0 Å². The van der Waals surface area contributed by atoms with E-state index in [0.717, 1.165) is 29.1 Å². The number of hydrogen-bond donors (Lipinski definition) is 0. The van der Waals surface area contributed by atoms with E-state index in [1.807, 2.05) is 96.4 Å². The molecule has 0 N–H and O–H groups in total. The van der Waals surface area contributed by atoms with E-state index in [1.165, 1.54) is 17.3 Å². The number of aryl methyl sites for hydroxylation is 1. The molecule has 0 aliphatic heterocycles. The lowest BCUT2D eigenvalue weighted by molar-refractivity contribution is 0.0994. The number of aromatic nitrogens is 3. The van der Waals surface area contributed by atoms with E-state index in [0.29, 0.717) is 5.16 Å². The number of hydrogen-bond acceptors (Lipinski definition) is 4. The number of carbonyl (C=O) groups is 1. The number of benzene rings is 3. The molecule has 1 aromatic heterocycles. The third-order valence-corrected chi connectivity index (χ3v) is 6.02. The predicted octanol–water partition coefficient (Wildman–Crippen LogP) is 5.86. The fourth-order valence-electron chi connectivity index (χ4n) is 3.28. The molecule has 0 spiro atoms. The Morgan fingerprint density at radius 3 is 2.17 bits per heavy atom. The van der Waals surface area contributed by atoms with Crippen LogP contribution in [-0.2, 0) is 6.42 Å². The van der Waals surface area contributed by atoms with Crippen LogP contribution in [0.1, 0.15) is 29.8 Å². The molecule has 0 aliphatic rings. The Labute approximate surface area is 181 Å². The second-order valence-corrected chi connectivity index (χ2v) is 8.33. The monoisotopic (exact) mass is 413 g/mol. The Kier molecular flexibility index (Phi) is 6.10. The van der Waals surface area contributed by atoms with Gasteiger partial charge in [0.2, 0.25) is 0 Å². The maximum atomic E-state index is 13.0. The second-order valence-electron chi connectivity index (χ2n) is 7.02. The van der Waals surface area contributed by atoms with Crippen LogP contribution in [0, 0.1) is 0 Å². The molecule has 5 heteroatoms. The number of thioether (sulfide) groups is 1. The minimum absolute atomic E-state index is 0.0894. The summed E-state index contributed by atoms with van der Waals surface area (Å²) in [6, 6.07) is 27.8. The predicted molar refractivity (Wildman–Crippen MR) is 122 cm³/mol. The van der Waals surface area contributed by atoms with Crippen molar-refractivity contribution < 1.29 is 4.79 Å². The van der Waals surface area contributed by atoms with E-state index < -0.39 is 0 Å². The summed E-state index contributed by atoms with van der Waals surface area (Å²) in [5, 5.41) is 9.30. The first-order valence-corrected chi connectivity index (χ1v) is 10.9. The van der Waals surface area contributed by atoms with Crippen molar-refractivity contribution in [1.82, 2.24) is 14.8 Å². The summed E-state index contributed by atoms with van der Waals surface area (Å²) in [5.74, 6) is 0.850. The van der Waals surface area contributed by atoms with Crippen LogP contribution in [0.4, 0.5) is 0 Å². The smallest absolute Gasteiger partial charge is 0.196 e. The molecule has 30 heavy (non-hydrogen) atoms. The van der Waals surface area contributed by atoms with E-state index in [-0.39, 0.29) is 11.0 Å². The van der Waals surface area contributed by atoms with Gasteiger partial charge in [0.05, 0.1) is 5.25 Å². The van der Waals surface area contributed by atoms with Gasteiger partial charge in [-0.25, -0.2) is 0 Å². The molecule has 0 unspecified atom stereocenters. The molecule has 0 amide bonds.